The third-order valence-corrected chi connectivity index (χ3v) is 3.31. The van der Waals surface area contributed by atoms with Gasteiger partial charge in [-0.3, -0.25) is 10.1 Å². The van der Waals surface area contributed by atoms with Gasteiger partial charge in [0.2, 0.25) is 0 Å². The van der Waals surface area contributed by atoms with E-state index in [2.05, 4.69) is 25.3 Å². The van der Waals surface area contributed by atoms with Crippen LogP contribution >= 0.6 is 0 Å². The summed E-state index contributed by atoms with van der Waals surface area (Å²) in [6.07, 6.45) is 0. The van der Waals surface area contributed by atoms with Gasteiger partial charge in [0, 0.05) is 35.8 Å². The van der Waals surface area contributed by atoms with Gasteiger partial charge in [-0.15, -0.1) is 0 Å². The minimum absolute atomic E-state index is 0.157. The van der Waals surface area contributed by atoms with E-state index in [1.54, 1.807) is 12.1 Å². The molecule has 2 rings (SSSR count). The van der Waals surface area contributed by atoms with Crippen LogP contribution in [0.15, 0.2) is 18.2 Å². The highest BCUT2D eigenvalue weighted by Crippen LogP contribution is 2.32. The van der Waals surface area contributed by atoms with Crippen molar-refractivity contribution < 1.29 is 4.92 Å². The second-order valence-electron chi connectivity index (χ2n) is 4.67. The minimum Gasteiger partial charge on any atom is -0.348 e. The predicted octanol–water partition coefficient (Wildman–Crippen LogP) is 3.52. The molecule has 1 aromatic heterocycles. The van der Waals surface area contributed by atoms with Crippen molar-refractivity contribution in [2.45, 2.75) is 26.7 Å². The minimum atomic E-state index is -0.341. The molecular formula is C13H16N2O2. The SMILES string of the molecule is Cc1c(C(C)C)c2cc([N+](=O)[O-])ccc2n1C. The molecule has 0 radical (unpaired) electrons. The van der Waals surface area contributed by atoms with E-state index in [0.717, 1.165) is 10.9 Å². The van der Waals surface area contributed by atoms with Crippen molar-refractivity contribution in [2.75, 3.05) is 0 Å². The first-order chi connectivity index (χ1) is 7.93. The lowest BCUT2D eigenvalue weighted by atomic mass is 9.99. The molecule has 0 spiro atoms. The number of aromatic nitrogens is 1. The van der Waals surface area contributed by atoms with Crippen molar-refractivity contribution in [3.05, 3.63) is 39.6 Å². The highest BCUT2D eigenvalue weighted by molar-refractivity contribution is 5.88. The molecule has 0 aliphatic rings. The quantitative estimate of drug-likeness (QED) is 0.587. The summed E-state index contributed by atoms with van der Waals surface area (Å²) >= 11 is 0. The molecule has 0 N–H and O–H groups in total. The van der Waals surface area contributed by atoms with Gasteiger partial charge in [-0.25, -0.2) is 0 Å². The zero-order valence-corrected chi connectivity index (χ0v) is 10.5. The number of non-ortho nitro benzene ring substituents is 1. The van der Waals surface area contributed by atoms with Gasteiger partial charge in [0.05, 0.1) is 4.92 Å². The molecule has 0 atom stereocenters. The first kappa shape index (κ1) is 11.6. The second-order valence-corrected chi connectivity index (χ2v) is 4.67. The number of rotatable bonds is 2. The standard InChI is InChI=1S/C13H16N2O2/c1-8(2)13-9(3)14(4)12-6-5-10(15(16)17)7-11(12)13/h5-8H,1-4H3. The summed E-state index contributed by atoms with van der Waals surface area (Å²) in [6.45, 7) is 6.28. The highest BCUT2D eigenvalue weighted by Gasteiger charge is 2.17. The Bertz CT molecular complexity index is 597. The Morgan fingerprint density at radius 2 is 2.00 bits per heavy atom. The molecule has 0 amide bonds. The fraction of sp³-hybridized carbons (Fsp3) is 0.385. The van der Waals surface area contributed by atoms with Gasteiger partial charge in [0.15, 0.2) is 0 Å². The van der Waals surface area contributed by atoms with Crippen LogP contribution in [0.1, 0.15) is 31.0 Å². The molecule has 1 aromatic carbocycles. The fourth-order valence-electron chi connectivity index (χ4n) is 2.43. The van der Waals surface area contributed by atoms with E-state index in [1.165, 1.54) is 11.3 Å². The Labute approximate surface area is 100 Å². The molecular weight excluding hydrogens is 216 g/mol. The summed E-state index contributed by atoms with van der Waals surface area (Å²) in [7, 11) is 2.00. The molecule has 0 bridgehead atoms. The summed E-state index contributed by atoms with van der Waals surface area (Å²) in [5, 5.41) is 11.8. The van der Waals surface area contributed by atoms with Crippen LogP contribution in [0.25, 0.3) is 10.9 Å². The van der Waals surface area contributed by atoms with Crippen LogP contribution in [-0.4, -0.2) is 9.49 Å². The number of hydrogen-bond acceptors (Lipinski definition) is 2. The van der Waals surface area contributed by atoms with E-state index in [1.807, 2.05) is 13.1 Å². The lowest BCUT2D eigenvalue weighted by Gasteiger charge is -2.05. The third-order valence-electron chi connectivity index (χ3n) is 3.31. The van der Waals surface area contributed by atoms with Crippen molar-refractivity contribution in [1.29, 1.82) is 0 Å². The highest BCUT2D eigenvalue weighted by atomic mass is 16.6. The predicted molar refractivity (Wildman–Crippen MR) is 68.4 cm³/mol. The maximum atomic E-state index is 10.8. The summed E-state index contributed by atoms with van der Waals surface area (Å²) in [6, 6.07) is 5.07. The van der Waals surface area contributed by atoms with Gasteiger partial charge in [-0.2, -0.15) is 0 Å². The van der Waals surface area contributed by atoms with Crippen LogP contribution < -0.4 is 0 Å². The van der Waals surface area contributed by atoms with E-state index < -0.39 is 0 Å². The van der Waals surface area contributed by atoms with E-state index in [-0.39, 0.29) is 10.6 Å². The second kappa shape index (κ2) is 3.87. The van der Waals surface area contributed by atoms with Crippen LogP contribution in [0.2, 0.25) is 0 Å². The largest absolute Gasteiger partial charge is 0.348 e. The summed E-state index contributed by atoms with van der Waals surface area (Å²) in [5.41, 5.74) is 3.59. The van der Waals surface area contributed by atoms with Gasteiger partial charge in [-0.05, 0) is 24.5 Å². The average Bonchev–Trinajstić information content (AvgIpc) is 2.51. The smallest absolute Gasteiger partial charge is 0.270 e. The normalized spacial score (nSPS) is 11.4. The molecule has 1 heterocycles. The van der Waals surface area contributed by atoms with Gasteiger partial charge < -0.3 is 4.57 Å². The number of fused-ring (bicyclic) bond motifs is 1. The number of nitro benzene ring substituents is 1. The van der Waals surface area contributed by atoms with E-state index in [0.29, 0.717) is 5.92 Å². The van der Waals surface area contributed by atoms with Crippen LogP contribution in [0.5, 0.6) is 0 Å². The lowest BCUT2D eigenvalue weighted by molar-refractivity contribution is -0.384. The molecule has 17 heavy (non-hydrogen) atoms. The molecule has 0 aliphatic heterocycles. The molecule has 90 valence electrons. The van der Waals surface area contributed by atoms with Crippen molar-refractivity contribution in [3.8, 4) is 0 Å². The summed E-state index contributed by atoms with van der Waals surface area (Å²) in [5.74, 6) is 0.362. The third kappa shape index (κ3) is 1.69. The zero-order chi connectivity index (χ0) is 12.7. The first-order valence-corrected chi connectivity index (χ1v) is 5.66. The number of benzene rings is 1. The molecule has 0 aliphatic carbocycles. The van der Waals surface area contributed by atoms with Gasteiger partial charge in [0.1, 0.15) is 0 Å². The van der Waals surface area contributed by atoms with Crippen LogP contribution in [0.4, 0.5) is 5.69 Å². The summed E-state index contributed by atoms with van der Waals surface area (Å²) in [4.78, 5) is 10.5. The first-order valence-electron chi connectivity index (χ1n) is 5.66. The molecule has 0 saturated carbocycles. The molecule has 0 saturated heterocycles. The van der Waals surface area contributed by atoms with Gasteiger partial charge in [0.25, 0.3) is 5.69 Å². The average molecular weight is 232 g/mol. The Morgan fingerprint density at radius 1 is 1.35 bits per heavy atom. The molecule has 4 heteroatoms. The molecule has 2 aromatic rings. The molecule has 0 unspecified atom stereocenters. The fourth-order valence-corrected chi connectivity index (χ4v) is 2.43. The number of nitrogens with zero attached hydrogens (tertiary/aromatic N) is 2. The van der Waals surface area contributed by atoms with Crippen molar-refractivity contribution >= 4 is 16.6 Å². The Morgan fingerprint density at radius 3 is 2.53 bits per heavy atom. The Balaban J connectivity index is 2.83. The molecule has 0 fully saturated rings. The number of aryl methyl sites for hydroxylation is 1. The maximum Gasteiger partial charge on any atom is 0.270 e. The summed E-state index contributed by atoms with van der Waals surface area (Å²) < 4.78 is 2.09. The number of nitro groups is 1. The van der Waals surface area contributed by atoms with E-state index in [4.69, 9.17) is 0 Å². The lowest BCUT2D eigenvalue weighted by Crippen LogP contribution is -1.93. The Kier molecular flexibility index (Phi) is 2.65. The monoisotopic (exact) mass is 232 g/mol. The van der Waals surface area contributed by atoms with Crippen LogP contribution in [0, 0.1) is 17.0 Å². The van der Waals surface area contributed by atoms with Crippen molar-refractivity contribution in [3.63, 3.8) is 0 Å². The maximum absolute atomic E-state index is 10.8. The van der Waals surface area contributed by atoms with Crippen LogP contribution in [-0.2, 0) is 7.05 Å². The number of hydrogen-bond donors (Lipinski definition) is 0. The van der Waals surface area contributed by atoms with Crippen molar-refractivity contribution in [1.82, 2.24) is 4.57 Å². The topological polar surface area (TPSA) is 48.1 Å². The van der Waals surface area contributed by atoms with Crippen molar-refractivity contribution in [2.24, 2.45) is 7.05 Å². The van der Waals surface area contributed by atoms with Crippen LogP contribution in [0.3, 0.4) is 0 Å². The van der Waals surface area contributed by atoms with Gasteiger partial charge in [-0.1, -0.05) is 13.8 Å². The van der Waals surface area contributed by atoms with Gasteiger partial charge >= 0.3 is 0 Å². The van der Waals surface area contributed by atoms with E-state index in [9.17, 15) is 10.1 Å². The molecule has 4 nitrogen and oxygen atoms in total. The van der Waals surface area contributed by atoms with E-state index >= 15 is 0 Å². The Hall–Kier alpha value is -1.84. The zero-order valence-electron chi connectivity index (χ0n) is 10.5.